The Morgan fingerprint density at radius 2 is 1.93 bits per heavy atom. The molecule has 0 aliphatic carbocycles. The van der Waals surface area contributed by atoms with Crippen molar-refractivity contribution in [1.82, 2.24) is 10.2 Å². The molecule has 1 atom stereocenters. The largest absolute Gasteiger partial charge is 0.368 e. The van der Waals surface area contributed by atoms with Crippen LogP contribution in [-0.2, 0) is 9.59 Å². The molecule has 0 fully saturated rings. The van der Waals surface area contributed by atoms with E-state index in [0.717, 1.165) is 0 Å². The summed E-state index contributed by atoms with van der Waals surface area (Å²) in [7, 11) is 3.33. The van der Waals surface area contributed by atoms with Crippen LogP contribution in [0.2, 0.25) is 0 Å². The van der Waals surface area contributed by atoms with E-state index in [4.69, 9.17) is 5.73 Å². The fraction of sp³-hybridized carbons (Fsp3) is 0.778. The molecule has 0 bridgehead atoms. The fourth-order valence-corrected chi connectivity index (χ4v) is 0.815. The number of likely N-dealkylation sites (N-methyl/N-ethyl adjacent to an activating group) is 1. The van der Waals surface area contributed by atoms with Crippen molar-refractivity contribution in [2.75, 3.05) is 20.6 Å². The van der Waals surface area contributed by atoms with E-state index in [0.29, 0.717) is 6.42 Å². The van der Waals surface area contributed by atoms with Crippen molar-refractivity contribution in [3.63, 3.8) is 0 Å². The third-order valence-corrected chi connectivity index (χ3v) is 2.38. The number of hydrogen-bond donors (Lipinski definition) is 2. The first-order chi connectivity index (χ1) is 6.33. The summed E-state index contributed by atoms with van der Waals surface area (Å²) in [5.41, 5.74) is 4.42. The first-order valence-electron chi connectivity index (χ1n) is 4.58. The second kappa shape index (κ2) is 4.95. The van der Waals surface area contributed by atoms with Crippen LogP contribution in [0, 0.1) is 0 Å². The zero-order chi connectivity index (χ0) is 11.4. The third kappa shape index (κ3) is 3.33. The zero-order valence-corrected chi connectivity index (χ0v) is 9.26. The van der Waals surface area contributed by atoms with Gasteiger partial charge < -0.3 is 10.6 Å². The molecule has 82 valence electrons. The van der Waals surface area contributed by atoms with Crippen molar-refractivity contribution in [2.24, 2.45) is 5.73 Å². The van der Waals surface area contributed by atoms with Crippen LogP contribution in [0.1, 0.15) is 20.3 Å². The number of nitrogens with one attached hydrogen (secondary N) is 1. The van der Waals surface area contributed by atoms with Crippen molar-refractivity contribution in [3.8, 4) is 0 Å². The van der Waals surface area contributed by atoms with Gasteiger partial charge in [-0.05, 0) is 13.3 Å². The summed E-state index contributed by atoms with van der Waals surface area (Å²) in [6.07, 6.45) is 0.559. The molecule has 5 heteroatoms. The smallest absolute Gasteiger partial charge is 0.237 e. The Bertz CT molecular complexity index is 228. The van der Waals surface area contributed by atoms with Crippen molar-refractivity contribution in [3.05, 3.63) is 0 Å². The molecule has 0 aromatic rings. The van der Waals surface area contributed by atoms with Gasteiger partial charge in [0.25, 0.3) is 0 Å². The minimum atomic E-state index is -0.800. The zero-order valence-electron chi connectivity index (χ0n) is 9.26. The van der Waals surface area contributed by atoms with Crippen molar-refractivity contribution < 1.29 is 9.59 Å². The molecule has 0 aromatic heterocycles. The third-order valence-electron chi connectivity index (χ3n) is 2.38. The molecule has 0 spiro atoms. The lowest BCUT2D eigenvalue weighted by Gasteiger charge is -2.26. The molecular weight excluding hydrogens is 182 g/mol. The van der Waals surface area contributed by atoms with E-state index >= 15 is 0 Å². The number of hydrogen-bond acceptors (Lipinski definition) is 3. The highest BCUT2D eigenvalue weighted by Crippen LogP contribution is 2.07. The van der Waals surface area contributed by atoms with E-state index in [1.165, 1.54) is 4.90 Å². The van der Waals surface area contributed by atoms with Crippen LogP contribution in [0.3, 0.4) is 0 Å². The summed E-state index contributed by atoms with van der Waals surface area (Å²) in [6.45, 7) is 3.66. The highest BCUT2D eigenvalue weighted by molar-refractivity contribution is 5.85. The molecule has 0 radical (unpaired) electrons. The summed E-state index contributed by atoms with van der Waals surface area (Å²) in [4.78, 5) is 23.8. The molecule has 0 aliphatic heterocycles. The molecule has 0 saturated heterocycles. The van der Waals surface area contributed by atoms with Gasteiger partial charge in [0, 0.05) is 14.1 Å². The Kier molecular flexibility index (Phi) is 4.56. The van der Waals surface area contributed by atoms with Crippen LogP contribution >= 0.6 is 0 Å². The second-order valence-corrected chi connectivity index (χ2v) is 3.69. The maximum Gasteiger partial charge on any atom is 0.237 e. The number of carbonyl (C=O) groups excluding carboxylic acids is 2. The van der Waals surface area contributed by atoms with Gasteiger partial charge in [-0.25, -0.2) is 0 Å². The molecular formula is C9H19N3O2. The lowest BCUT2D eigenvalue weighted by molar-refractivity contribution is -0.129. The number of rotatable bonds is 5. The number of carbonyl (C=O) groups is 2. The fourth-order valence-electron chi connectivity index (χ4n) is 0.815. The maximum absolute atomic E-state index is 11.2. The average molecular weight is 201 g/mol. The van der Waals surface area contributed by atoms with Gasteiger partial charge in [-0.3, -0.25) is 14.9 Å². The quantitative estimate of drug-likeness (QED) is 0.618. The Morgan fingerprint density at radius 1 is 1.43 bits per heavy atom. The van der Waals surface area contributed by atoms with Gasteiger partial charge in [0.05, 0.1) is 12.1 Å². The standard InChI is InChI=1S/C9H19N3O2/c1-5-9(2,8(10)14)11-6-7(13)12(3)4/h11H,5-6H2,1-4H3,(H2,10,14). The lowest BCUT2D eigenvalue weighted by Crippen LogP contribution is -2.55. The van der Waals surface area contributed by atoms with Gasteiger partial charge in [0.1, 0.15) is 0 Å². The lowest BCUT2D eigenvalue weighted by atomic mass is 9.98. The van der Waals surface area contributed by atoms with E-state index in [1.54, 1.807) is 21.0 Å². The maximum atomic E-state index is 11.2. The Hall–Kier alpha value is -1.10. The van der Waals surface area contributed by atoms with Gasteiger partial charge in [-0.15, -0.1) is 0 Å². The van der Waals surface area contributed by atoms with Gasteiger partial charge >= 0.3 is 0 Å². The Labute approximate surface area is 84.6 Å². The van der Waals surface area contributed by atoms with Crippen molar-refractivity contribution >= 4 is 11.8 Å². The number of amides is 2. The van der Waals surface area contributed by atoms with Crippen LogP contribution in [0.15, 0.2) is 0 Å². The monoisotopic (exact) mass is 201 g/mol. The van der Waals surface area contributed by atoms with Crippen molar-refractivity contribution in [1.29, 1.82) is 0 Å². The van der Waals surface area contributed by atoms with Gasteiger partial charge in [-0.1, -0.05) is 6.92 Å². The van der Waals surface area contributed by atoms with E-state index < -0.39 is 11.4 Å². The molecule has 0 aliphatic rings. The minimum absolute atomic E-state index is 0.0778. The molecule has 2 amide bonds. The number of nitrogens with zero attached hydrogens (tertiary/aromatic N) is 1. The highest BCUT2D eigenvalue weighted by Gasteiger charge is 2.28. The van der Waals surface area contributed by atoms with Gasteiger partial charge in [0.15, 0.2) is 0 Å². The van der Waals surface area contributed by atoms with E-state index in [2.05, 4.69) is 5.32 Å². The summed E-state index contributed by atoms with van der Waals surface area (Å²) in [5.74, 6) is -0.516. The average Bonchev–Trinajstić information content (AvgIpc) is 2.12. The molecule has 0 aromatic carbocycles. The van der Waals surface area contributed by atoms with Crippen LogP contribution in [-0.4, -0.2) is 42.9 Å². The molecule has 5 nitrogen and oxygen atoms in total. The van der Waals surface area contributed by atoms with Gasteiger partial charge in [0.2, 0.25) is 11.8 Å². The van der Waals surface area contributed by atoms with Gasteiger partial charge in [-0.2, -0.15) is 0 Å². The minimum Gasteiger partial charge on any atom is -0.368 e. The van der Waals surface area contributed by atoms with Crippen LogP contribution in [0.25, 0.3) is 0 Å². The summed E-state index contributed by atoms with van der Waals surface area (Å²) in [6, 6.07) is 0. The molecule has 0 heterocycles. The molecule has 0 saturated carbocycles. The van der Waals surface area contributed by atoms with Crippen LogP contribution in [0.4, 0.5) is 0 Å². The molecule has 14 heavy (non-hydrogen) atoms. The van der Waals surface area contributed by atoms with E-state index in [-0.39, 0.29) is 12.5 Å². The summed E-state index contributed by atoms with van der Waals surface area (Å²) in [5, 5.41) is 2.86. The first-order valence-corrected chi connectivity index (χ1v) is 4.58. The first kappa shape index (κ1) is 12.9. The Balaban J connectivity index is 4.22. The SMILES string of the molecule is CCC(C)(NCC(=O)N(C)C)C(N)=O. The van der Waals surface area contributed by atoms with E-state index in [1.807, 2.05) is 6.92 Å². The topological polar surface area (TPSA) is 75.4 Å². The molecule has 1 unspecified atom stereocenters. The van der Waals surface area contributed by atoms with E-state index in [9.17, 15) is 9.59 Å². The highest BCUT2D eigenvalue weighted by atomic mass is 16.2. The number of primary amides is 1. The molecule has 3 N–H and O–H groups in total. The van der Waals surface area contributed by atoms with Crippen LogP contribution in [0.5, 0.6) is 0 Å². The second-order valence-electron chi connectivity index (χ2n) is 3.69. The normalized spacial score (nSPS) is 14.6. The molecule has 0 rings (SSSR count). The predicted molar refractivity (Wildman–Crippen MR) is 54.6 cm³/mol. The predicted octanol–water partition coefficient (Wildman–Crippen LogP) is -0.682. The summed E-state index contributed by atoms with van der Waals surface area (Å²) < 4.78 is 0. The van der Waals surface area contributed by atoms with Crippen LogP contribution < -0.4 is 11.1 Å². The Morgan fingerprint density at radius 3 is 2.21 bits per heavy atom. The van der Waals surface area contributed by atoms with Crippen molar-refractivity contribution in [2.45, 2.75) is 25.8 Å². The number of nitrogens with two attached hydrogens (primary N) is 1. The summed E-state index contributed by atoms with van der Waals surface area (Å²) >= 11 is 0.